The fourth-order valence-electron chi connectivity index (χ4n) is 1.57. The van der Waals surface area contributed by atoms with Crippen LogP contribution in [0.15, 0.2) is 42.5 Å². The summed E-state index contributed by atoms with van der Waals surface area (Å²) in [5, 5.41) is 0. The van der Waals surface area contributed by atoms with Crippen LogP contribution in [0.4, 0.5) is 0 Å². The van der Waals surface area contributed by atoms with Crippen molar-refractivity contribution in [2.24, 2.45) is 0 Å². The van der Waals surface area contributed by atoms with E-state index in [-0.39, 0.29) is 5.97 Å². The lowest BCUT2D eigenvalue weighted by atomic mass is 10.2. The number of aryl methyl sites for hydroxylation is 1. The highest BCUT2D eigenvalue weighted by atomic mass is 16.5. The summed E-state index contributed by atoms with van der Waals surface area (Å²) in [6.45, 7) is 4.04. The highest BCUT2D eigenvalue weighted by Crippen LogP contribution is 2.20. The summed E-state index contributed by atoms with van der Waals surface area (Å²) in [5.74, 6) is 0.831. The minimum Gasteiger partial charge on any atom is -0.462 e. The summed E-state index contributed by atoms with van der Waals surface area (Å²) in [7, 11) is 0. The number of pyridine rings is 1. The molecule has 0 aliphatic rings. The van der Waals surface area contributed by atoms with Gasteiger partial charge in [0.1, 0.15) is 5.75 Å². The Bertz CT molecular complexity index is 564. The number of hydrogen-bond donors (Lipinski definition) is 0. The molecule has 0 unspecified atom stereocenters. The third-order valence-corrected chi connectivity index (χ3v) is 2.45. The van der Waals surface area contributed by atoms with Gasteiger partial charge >= 0.3 is 5.97 Å². The Morgan fingerprint density at radius 2 is 1.89 bits per heavy atom. The number of ether oxygens (including phenoxy) is 2. The largest absolute Gasteiger partial charge is 0.462 e. The average Bonchev–Trinajstić information content (AvgIpc) is 2.40. The van der Waals surface area contributed by atoms with Gasteiger partial charge < -0.3 is 9.47 Å². The van der Waals surface area contributed by atoms with E-state index in [9.17, 15) is 4.79 Å². The van der Waals surface area contributed by atoms with E-state index in [4.69, 9.17) is 9.47 Å². The second-order valence-corrected chi connectivity index (χ2v) is 3.96. The Balaban J connectivity index is 2.08. The molecule has 4 nitrogen and oxygen atoms in total. The van der Waals surface area contributed by atoms with Crippen LogP contribution in [0.3, 0.4) is 0 Å². The second kappa shape index (κ2) is 6.00. The van der Waals surface area contributed by atoms with Gasteiger partial charge in [-0.1, -0.05) is 6.07 Å². The lowest BCUT2D eigenvalue weighted by Gasteiger charge is -2.06. The Morgan fingerprint density at radius 3 is 2.53 bits per heavy atom. The predicted molar refractivity (Wildman–Crippen MR) is 71.4 cm³/mol. The maximum absolute atomic E-state index is 11.5. The van der Waals surface area contributed by atoms with Crippen LogP contribution in [-0.4, -0.2) is 17.6 Å². The van der Waals surface area contributed by atoms with Crippen molar-refractivity contribution in [3.8, 4) is 11.6 Å². The molecular weight excluding hydrogens is 242 g/mol. The molecule has 0 spiro atoms. The number of esters is 1. The quantitative estimate of drug-likeness (QED) is 0.788. The van der Waals surface area contributed by atoms with Crippen LogP contribution in [0, 0.1) is 6.92 Å². The molecule has 0 saturated carbocycles. The number of aromatic nitrogens is 1. The summed E-state index contributed by atoms with van der Waals surface area (Å²) >= 11 is 0. The van der Waals surface area contributed by atoms with Crippen molar-refractivity contribution in [2.75, 3.05) is 6.61 Å². The van der Waals surface area contributed by atoms with E-state index in [0.717, 1.165) is 5.69 Å². The number of carbonyl (C=O) groups excluding carboxylic acids is 1. The molecule has 0 amide bonds. The zero-order chi connectivity index (χ0) is 13.7. The summed E-state index contributed by atoms with van der Waals surface area (Å²) < 4.78 is 10.5. The summed E-state index contributed by atoms with van der Waals surface area (Å²) in [4.78, 5) is 15.7. The zero-order valence-corrected chi connectivity index (χ0v) is 10.9. The Hall–Kier alpha value is -2.36. The van der Waals surface area contributed by atoms with Crippen LogP contribution in [-0.2, 0) is 4.74 Å². The molecule has 0 fully saturated rings. The van der Waals surface area contributed by atoms with Crippen molar-refractivity contribution in [3.63, 3.8) is 0 Å². The van der Waals surface area contributed by atoms with Gasteiger partial charge in [-0.15, -0.1) is 0 Å². The Kier molecular flexibility index (Phi) is 4.13. The van der Waals surface area contributed by atoms with E-state index in [0.29, 0.717) is 23.8 Å². The van der Waals surface area contributed by atoms with Crippen LogP contribution in [0.2, 0.25) is 0 Å². The molecule has 0 atom stereocenters. The molecular formula is C15H15NO3. The fourth-order valence-corrected chi connectivity index (χ4v) is 1.57. The van der Waals surface area contributed by atoms with Crippen LogP contribution in [0.5, 0.6) is 11.6 Å². The number of rotatable bonds is 4. The molecule has 98 valence electrons. The smallest absolute Gasteiger partial charge is 0.338 e. The van der Waals surface area contributed by atoms with Gasteiger partial charge in [-0.2, -0.15) is 0 Å². The molecule has 2 aromatic rings. The number of hydrogen-bond acceptors (Lipinski definition) is 4. The summed E-state index contributed by atoms with van der Waals surface area (Å²) in [6.07, 6.45) is 0. The van der Waals surface area contributed by atoms with Gasteiger partial charge in [0.15, 0.2) is 0 Å². The second-order valence-electron chi connectivity index (χ2n) is 3.96. The number of carbonyl (C=O) groups is 1. The van der Waals surface area contributed by atoms with E-state index in [2.05, 4.69) is 4.98 Å². The molecule has 1 aromatic heterocycles. The molecule has 19 heavy (non-hydrogen) atoms. The van der Waals surface area contributed by atoms with E-state index < -0.39 is 0 Å². The van der Waals surface area contributed by atoms with Crippen LogP contribution < -0.4 is 4.74 Å². The molecule has 1 heterocycles. The molecule has 2 rings (SSSR count). The molecule has 0 bridgehead atoms. The molecule has 0 aliphatic heterocycles. The first-order chi connectivity index (χ1) is 9.19. The predicted octanol–water partition coefficient (Wildman–Crippen LogP) is 3.36. The van der Waals surface area contributed by atoms with Crippen molar-refractivity contribution >= 4 is 5.97 Å². The minimum atomic E-state index is -0.331. The monoisotopic (exact) mass is 257 g/mol. The van der Waals surface area contributed by atoms with Crippen molar-refractivity contribution in [3.05, 3.63) is 53.7 Å². The minimum absolute atomic E-state index is 0.331. The van der Waals surface area contributed by atoms with Gasteiger partial charge in [0, 0.05) is 11.8 Å². The van der Waals surface area contributed by atoms with Crippen LogP contribution in [0.1, 0.15) is 23.0 Å². The molecule has 0 N–H and O–H groups in total. The lowest BCUT2D eigenvalue weighted by Crippen LogP contribution is -2.04. The Labute approximate surface area is 112 Å². The standard InChI is InChI=1S/C15H15NO3/c1-3-18-15(17)12-7-9-13(10-8-12)19-14-6-4-5-11(2)16-14/h4-10H,3H2,1-2H3. The third-order valence-electron chi connectivity index (χ3n) is 2.45. The first kappa shape index (κ1) is 13.1. The topological polar surface area (TPSA) is 48.4 Å². The summed E-state index contributed by atoms with van der Waals surface area (Å²) in [6, 6.07) is 12.3. The highest BCUT2D eigenvalue weighted by molar-refractivity contribution is 5.89. The van der Waals surface area contributed by atoms with Gasteiger partial charge in [-0.25, -0.2) is 9.78 Å². The van der Waals surface area contributed by atoms with Crippen molar-refractivity contribution in [1.82, 2.24) is 4.98 Å². The first-order valence-corrected chi connectivity index (χ1v) is 6.07. The normalized spacial score (nSPS) is 10.0. The van der Waals surface area contributed by atoms with Gasteiger partial charge in [0.2, 0.25) is 5.88 Å². The number of benzene rings is 1. The van der Waals surface area contributed by atoms with E-state index >= 15 is 0 Å². The van der Waals surface area contributed by atoms with E-state index in [1.165, 1.54) is 0 Å². The van der Waals surface area contributed by atoms with Crippen molar-refractivity contribution in [2.45, 2.75) is 13.8 Å². The van der Waals surface area contributed by atoms with E-state index in [1.54, 1.807) is 37.3 Å². The van der Waals surface area contributed by atoms with E-state index in [1.807, 2.05) is 19.1 Å². The first-order valence-electron chi connectivity index (χ1n) is 6.07. The highest BCUT2D eigenvalue weighted by Gasteiger charge is 2.06. The maximum atomic E-state index is 11.5. The number of nitrogens with zero attached hydrogens (tertiary/aromatic N) is 1. The van der Waals surface area contributed by atoms with Crippen LogP contribution in [0.25, 0.3) is 0 Å². The molecule has 1 aromatic carbocycles. The van der Waals surface area contributed by atoms with Gasteiger partial charge in [0.25, 0.3) is 0 Å². The molecule has 0 radical (unpaired) electrons. The maximum Gasteiger partial charge on any atom is 0.338 e. The Morgan fingerprint density at radius 1 is 1.16 bits per heavy atom. The molecule has 4 heteroatoms. The van der Waals surface area contributed by atoms with Gasteiger partial charge in [-0.05, 0) is 44.2 Å². The molecule has 0 aliphatic carbocycles. The SMILES string of the molecule is CCOC(=O)c1ccc(Oc2cccc(C)n2)cc1. The lowest BCUT2D eigenvalue weighted by molar-refractivity contribution is 0.0526. The summed E-state index contributed by atoms with van der Waals surface area (Å²) in [5.41, 5.74) is 1.40. The average molecular weight is 257 g/mol. The fraction of sp³-hybridized carbons (Fsp3) is 0.200. The third kappa shape index (κ3) is 3.55. The zero-order valence-electron chi connectivity index (χ0n) is 10.9. The van der Waals surface area contributed by atoms with Crippen molar-refractivity contribution in [1.29, 1.82) is 0 Å². The van der Waals surface area contributed by atoms with Gasteiger partial charge in [0.05, 0.1) is 12.2 Å². The van der Waals surface area contributed by atoms with Crippen molar-refractivity contribution < 1.29 is 14.3 Å². The van der Waals surface area contributed by atoms with Crippen LogP contribution >= 0.6 is 0 Å². The molecule has 0 saturated heterocycles. The van der Waals surface area contributed by atoms with Gasteiger partial charge in [-0.3, -0.25) is 0 Å².